The summed E-state index contributed by atoms with van der Waals surface area (Å²) in [5.41, 5.74) is 1.50. The number of carbonyl (C=O) groups excluding carboxylic acids is 2. The lowest BCUT2D eigenvalue weighted by molar-refractivity contribution is -0.118. The molecule has 0 fully saturated rings. The summed E-state index contributed by atoms with van der Waals surface area (Å²) in [6.45, 7) is 3.76. The molecule has 6 nitrogen and oxygen atoms in total. The molecule has 1 aromatic heterocycles. The van der Waals surface area contributed by atoms with Crippen molar-refractivity contribution in [2.24, 2.45) is 5.92 Å². The Morgan fingerprint density at radius 2 is 1.65 bits per heavy atom. The summed E-state index contributed by atoms with van der Waals surface area (Å²) in [5, 5.41) is 8.79. The maximum atomic E-state index is 12.6. The summed E-state index contributed by atoms with van der Waals surface area (Å²) in [5.74, 6) is -0.367. The van der Waals surface area contributed by atoms with Crippen LogP contribution >= 0.6 is 11.3 Å². The van der Waals surface area contributed by atoms with Crippen LogP contribution in [0.15, 0.2) is 54.6 Å². The molecule has 0 spiro atoms. The van der Waals surface area contributed by atoms with Crippen LogP contribution in [-0.2, 0) is 4.79 Å². The summed E-state index contributed by atoms with van der Waals surface area (Å²) in [4.78, 5) is 29.2. The molecule has 0 radical (unpaired) electrons. The van der Waals surface area contributed by atoms with E-state index in [1.54, 1.807) is 12.1 Å². The van der Waals surface area contributed by atoms with Gasteiger partial charge in [0, 0.05) is 5.69 Å². The molecule has 3 N–H and O–H groups in total. The highest BCUT2D eigenvalue weighted by Gasteiger charge is 2.25. The minimum Gasteiger partial charge on any atom is -0.326 e. The minimum absolute atomic E-state index is 0.0779. The standard InChI is InChI=1S/C19H20N4O2S/c1-12(2)16(22-18(25)20-13-8-4-3-5-9-13)17(24)23-19-21-14-10-6-7-11-15(14)26-19/h3-12,16H,1-2H3,(H2,20,22,25)(H,21,23,24). The van der Waals surface area contributed by atoms with Crippen LogP contribution in [0.5, 0.6) is 0 Å². The number of nitrogens with one attached hydrogen (secondary N) is 3. The van der Waals surface area contributed by atoms with Crippen molar-refractivity contribution in [2.75, 3.05) is 10.6 Å². The van der Waals surface area contributed by atoms with Crippen molar-refractivity contribution in [1.82, 2.24) is 10.3 Å². The van der Waals surface area contributed by atoms with Crippen LogP contribution in [-0.4, -0.2) is 23.0 Å². The molecule has 3 aromatic rings. The number of aromatic nitrogens is 1. The zero-order valence-corrected chi connectivity index (χ0v) is 15.3. The third-order valence-electron chi connectivity index (χ3n) is 3.79. The van der Waals surface area contributed by atoms with Crippen LogP contribution in [0.25, 0.3) is 10.2 Å². The van der Waals surface area contributed by atoms with Gasteiger partial charge in [-0.25, -0.2) is 9.78 Å². The molecule has 1 unspecified atom stereocenters. The van der Waals surface area contributed by atoms with Gasteiger partial charge >= 0.3 is 6.03 Å². The quantitative estimate of drug-likeness (QED) is 0.634. The van der Waals surface area contributed by atoms with Crippen LogP contribution < -0.4 is 16.0 Å². The Hall–Kier alpha value is -2.93. The number of urea groups is 1. The van der Waals surface area contributed by atoms with Gasteiger partial charge in [-0.2, -0.15) is 0 Å². The molecule has 0 saturated carbocycles. The predicted molar refractivity (Wildman–Crippen MR) is 105 cm³/mol. The molecule has 1 atom stereocenters. The molecule has 3 amide bonds. The van der Waals surface area contributed by atoms with Gasteiger partial charge < -0.3 is 16.0 Å². The molecule has 2 aromatic carbocycles. The third-order valence-corrected chi connectivity index (χ3v) is 4.74. The smallest absolute Gasteiger partial charge is 0.319 e. The largest absolute Gasteiger partial charge is 0.326 e. The number of hydrogen-bond acceptors (Lipinski definition) is 4. The number of benzene rings is 2. The van der Waals surface area contributed by atoms with Gasteiger partial charge in [-0.3, -0.25) is 4.79 Å². The van der Waals surface area contributed by atoms with Crippen molar-refractivity contribution in [1.29, 1.82) is 0 Å². The van der Waals surface area contributed by atoms with Crippen molar-refractivity contribution < 1.29 is 9.59 Å². The molecule has 7 heteroatoms. The number of para-hydroxylation sites is 2. The maximum Gasteiger partial charge on any atom is 0.319 e. The molecular formula is C19H20N4O2S. The Balaban J connectivity index is 1.66. The number of hydrogen-bond donors (Lipinski definition) is 3. The van der Waals surface area contributed by atoms with Gasteiger partial charge in [0.2, 0.25) is 5.91 Å². The fourth-order valence-corrected chi connectivity index (χ4v) is 3.34. The van der Waals surface area contributed by atoms with Crippen molar-refractivity contribution in [3.05, 3.63) is 54.6 Å². The molecule has 0 bridgehead atoms. The zero-order chi connectivity index (χ0) is 18.5. The monoisotopic (exact) mass is 368 g/mol. The lowest BCUT2D eigenvalue weighted by Crippen LogP contribution is -2.48. The highest BCUT2D eigenvalue weighted by atomic mass is 32.1. The second-order valence-electron chi connectivity index (χ2n) is 6.16. The number of fused-ring (bicyclic) bond motifs is 1. The Bertz CT molecular complexity index is 875. The van der Waals surface area contributed by atoms with E-state index in [-0.39, 0.29) is 11.8 Å². The second kappa shape index (κ2) is 7.97. The van der Waals surface area contributed by atoms with E-state index in [1.165, 1.54) is 11.3 Å². The van der Waals surface area contributed by atoms with E-state index in [0.29, 0.717) is 10.8 Å². The molecule has 0 aliphatic rings. The summed E-state index contributed by atoms with van der Waals surface area (Å²) in [6, 6.07) is 15.7. The average molecular weight is 368 g/mol. The Morgan fingerprint density at radius 3 is 2.35 bits per heavy atom. The number of nitrogens with zero attached hydrogens (tertiary/aromatic N) is 1. The van der Waals surface area contributed by atoms with Crippen LogP contribution in [0, 0.1) is 5.92 Å². The van der Waals surface area contributed by atoms with Gasteiger partial charge in [0.1, 0.15) is 6.04 Å². The second-order valence-corrected chi connectivity index (χ2v) is 7.19. The van der Waals surface area contributed by atoms with Crippen molar-refractivity contribution in [3.63, 3.8) is 0 Å². The number of thiazole rings is 1. The Morgan fingerprint density at radius 1 is 0.962 bits per heavy atom. The summed E-state index contributed by atoms with van der Waals surface area (Å²) >= 11 is 1.40. The zero-order valence-electron chi connectivity index (χ0n) is 14.5. The van der Waals surface area contributed by atoms with Gasteiger partial charge in [-0.1, -0.05) is 55.5 Å². The number of amides is 3. The maximum absolute atomic E-state index is 12.6. The highest BCUT2D eigenvalue weighted by Crippen LogP contribution is 2.25. The first-order chi connectivity index (χ1) is 12.5. The molecule has 0 aliphatic carbocycles. The van der Waals surface area contributed by atoms with Gasteiger partial charge in [-0.05, 0) is 30.2 Å². The molecule has 3 rings (SSSR count). The van der Waals surface area contributed by atoms with E-state index in [1.807, 2.05) is 56.3 Å². The van der Waals surface area contributed by atoms with Gasteiger partial charge in [0.25, 0.3) is 0 Å². The molecule has 0 saturated heterocycles. The Kier molecular flexibility index (Phi) is 5.48. The average Bonchev–Trinajstić information content (AvgIpc) is 3.02. The molecule has 134 valence electrons. The fourth-order valence-electron chi connectivity index (χ4n) is 2.47. The van der Waals surface area contributed by atoms with E-state index >= 15 is 0 Å². The first-order valence-corrected chi connectivity index (χ1v) is 9.13. The first kappa shape index (κ1) is 17.9. The van der Waals surface area contributed by atoms with Crippen molar-refractivity contribution in [2.45, 2.75) is 19.9 Å². The van der Waals surface area contributed by atoms with E-state index in [2.05, 4.69) is 20.9 Å². The van der Waals surface area contributed by atoms with E-state index < -0.39 is 12.1 Å². The molecule has 1 heterocycles. The van der Waals surface area contributed by atoms with E-state index in [9.17, 15) is 9.59 Å². The van der Waals surface area contributed by atoms with Crippen molar-refractivity contribution >= 4 is 44.3 Å². The summed E-state index contributed by atoms with van der Waals surface area (Å²) in [7, 11) is 0. The van der Waals surface area contributed by atoms with Crippen LogP contribution in [0.4, 0.5) is 15.6 Å². The lowest BCUT2D eigenvalue weighted by atomic mass is 10.0. The SMILES string of the molecule is CC(C)C(NC(=O)Nc1ccccc1)C(=O)Nc1nc2ccccc2s1. The van der Waals surface area contributed by atoms with E-state index in [0.717, 1.165) is 10.2 Å². The molecular weight excluding hydrogens is 348 g/mol. The predicted octanol–water partition coefficient (Wildman–Crippen LogP) is 4.08. The van der Waals surface area contributed by atoms with Gasteiger partial charge in [0.05, 0.1) is 10.2 Å². The highest BCUT2D eigenvalue weighted by molar-refractivity contribution is 7.22. The number of rotatable bonds is 5. The third kappa shape index (κ3) is 4.37. The number of carbonyl (C=O) groups is 2. The van der Waals surface area contributed by atoms with Crippen LogP contribution in [0.1, 0.15) is 13.8 Å². The summed E-state index contributed by atoms with van der Waals surface area (Å²) < 4.78 is 0.999. The topological polar surface area (TPSA) is 83.1 Å². The minimum atomic E-state index is -0.675. The number of anilines is 2. The first-order valence-electron chi connectivity index (χ1n) is 8.32. The van der Waals surface area contributed by atoms with Crippen LogP contribution in [0.3, 0.4) is 0 Å². The fraction of sp³-hybridized carbons (Fsp3) is 0.211. The molecule has 26 heavy (non-hydrogen) atoms. The van der Waals surface area contributed by atoms with Crippen molar-refractivity contribution in [3.8, 4) is 0 Å². The normalized spacial score (nSPS) is 12.0. The summed E-state index contributed by atoms with van der Waals surface area (Å²) in [6.07, 6.45) is 0. The molecule has 0 aliphatic heterocycles. The van der Waals surface area contributed by atoms with E-state index in [4.69, 9.17) is 0 Å². The Labute approximate surface area is 155 Å². The van der Waals surface area contributed by atoms with Gasteiger partial charge in [0.15, 0.2) is 5.13 Å². The van der Waals surface area contributed by atoms with Crippen LogP contribution in [0.2, 0.25) is 0 Å². The van der Waals surface area contributed by atoms with Gasteiger partial charge in [-0.15, -0.1) is 0 Å². The lowest BCUT2D eigenvalue weighted by Gasteiger charge is -2.21.